The Balaban J connectivity index is 2.11. The van der Waals surface area contributed by atoms with Crippen LogP contribution in [0.25, 0.3) is 0 Å². The Morgan fingerprint density at radius 3 is 2.37 bits per heavy atom. The van der Waals surface area contributed by atoms with Crippen molar-refractivity contribution in [1.82, 2.24) is 15.3 Å². The molecule has 5 heteroatoms. The lowest BCUT2D eigenvalue weighted by Crippen LogP contribution is -2.66. The second-order valence-corrected chi connectivity index (χ2v) is 8.56. The molecule has 1 atom stereocenters. The Labute approximate surface area is 165 Å². The number of nitrogens with zero attached hydrogens (tertiary/aromatic N) is 2. The number of hydrogen-bond donors (Lipinski definition) is 1. The second kappa shape index (κ2) is 9.07. The molecule has 152 valence electrons. The first-order chi connectivity index (χ1) is 12.7. The van der Waals surface area contributed by atoms with Crippen LogP contribution in [0.3, 0.4) is 0 Å². The molecule has 1 N–H and O–H groups in total. The molecule has 27 heavy (non-hydrogen) atoms. The lowest BCUT2D eigenvalue weighted by atomic mass is 9.74. The predicted octanol–water partition coefficient (Wildman–Crippen LogP) is 4.23. The predicted molar refractivity (Wildman–Crippen MR) is 111 cm³/mol. The van der Waals surface area contributed by atoms with Crippen LogP contribution in [0.15, 0.2) is 30.3 Å². The number of hydroxylamine groups is 2. The van der Waals surface area contributed by atoms with E-state index in [9.17, 15) is 4.79 Å². The van der Waals surface area contributed by atoms with Gasteiger partial charge in [-0.05, 0) is 51.5 Å². The molecule has 0 aliphatic carbocycles. The minimum absolute atomic E-state index is 0.0182. The van der Waals surface area contributed by atoms with Gasteiger partial charge in [0.05, 0.1) is 6.61 Å². The third-order valence-electron chi connectivity index (χ3n) is 5.86. The molecule has 1 unspecified atom stereocenters. The Kier molecular flexibility index (Phi) is 7.29. The van der Waals surface area contributed by atoms with Gasteiger partial charge in [0.25, 0.3) is 0 Å². The molecular weight excluding hydrogens is 338 g/mol. The van der Waals surface area contributed by atoms with Crippen LogP contribution in [0.1, 0.15) is 58.9 Å². The van der Waals surface area contributed by atoms with Gasteiger partial charge in [-0.15, -0.1) is 0 Å². The smallest absolute Gasteiger partial charge is 0.317 e. The molecule has 1 aliphatic heterocycles. The Hall–Kier alpha value is -1.59. The van der Waals surface area contributed by atoms with Crippen molar-refractivity contribution in [3.63, 3.8) is 0 Å². The number of hydrogen-bond acceptors (Lipinski definition) is 3. The highest BCUT2D eigenvalue weighted by Gasteiger charge is 2.50. The van der Waals surface area contributed by atoms with Crippen LogP contribution in [-0.4, -0.2) is 53.8 Å². The SMILES string of the molecule is CCC1(CC)CC(NC(=O)N(C)C)CC(C)(C)N1OCCc1ccccc1. The summed E-state index contributed by atoms with van der Waals surface area (Å²) >= 11 is 0. The minimum Gasteiger partial charge on any atom is -0.335 e. The van der Waals surface area contributed by atoms with Gasteiger partial charge in [-0.2, -0.15) is 5.06 Å². The molecule has 0 spiro atoms. The van der Waals surface area contributed by atoms with Gasteiger partial charge in [0.1, 0.15) is 0 Å². The highest BCUT2D eigenvalue weighted by Crippen LogP contribution is 2.42. The van der Waals surface area contributed by atoms with Crippen molar-refractivity contribution in [2.24, 2.45) is 0 Å². The zero-order valence-corrected chi connectivity index (χ0v) is 17.9. The fourth-order valence-corrected chi connectivity index (χ4v) is 4.38. The van der Waals surface area contributed by atoms with Gasteiger partial charge in [0.15, 0.2) is 0 Å². The minimum atomic E-state index is -0.148. The Bertz CT molecular complexity index is 597. The van der Waals surface area contributed by atoms with Crippen LogP contribution < -0.4 is 5.32 Å². The largest absolute Gasteiger partial charge is 0.335 e. The average Bonchev–Trinajstić information content (AvgIpc) is 2.63. The summed E-state index contributed by atoms with van der Waals surface area (Å²) in [7, 11) is 3.57. The molecule has 0 saturated carbocycles. The number of amides is 2. The van der Waals surface area contributed by atoms with E-state index in [4.69, 9.17) is 4.84 Å². The Morgan fingerprint density at radius 1 is 1.19 bits per heavy atom. The van der Waals surface area contributed by atoms with Crippen LogP contribution in [-0.2, 0) is 11.3 Å². The highest BCUT2D eigenvalue weighted by molar-refractivity contribution is 5.73. The molecule has 0 bridgehead atoms. The molecule has 1 aromatic rings. The number of rotatable bonds is 7. The lowest BCUT2D eigenvalue weighted by Gasteiger charge is -2.56. The van der Waals surface area contributed by atoms with E-state index >= 15 is 0 Å². The van der Waals surface area contributed by atoms with Gasteiger partial charge < -0.3 is 10.2 Å². The quantitative estimate of drug-likeness (QED) is 0.775. The highest BCUT2D eigenvalue weighted by atomic mass is 16.7. The van der Waals surface area contributed by atoms with Crippen molar-refractivity contribution in [3.8, 4) is 0 Å². The van der Waals surface area contributed by atoms with Gasteiger partial charge in [-0.25, -0.2) is 4.79 Å². The molecule has 2 rings (SSSR count). The second-order valence-electron chi connectivity index (χ2n) is 8.56. The number of carbonyl (C=O) groups excluding carboxylic acids is 1. The van der Waals surface area contributed by atoms with Crippen LogP contribution >= 0.6 is 0 Å². The number of piperidine rings is 1. The molecule has 1 aromatic carbocycles. The van der Waals surface area contributed by atoms with Crippen molar-refractivity contribution in [1.29, 1.82) is 0 Å². The summed E-state index contributed by atoms with van der Waals surface area (Å²) < 4.78 is 0. The number of carbonyl (C=O) groups is 1. The maximum atomic E-state index is 12.2. The van der Waals surface area contributed by atoms with Crippen LogP contribution in [0.5, 0.6) is 0 Å². The van der Waals surface area contributed by atoms with Gasteiger partial charge >= 0.3 is 6.03 Å². The summed E-state index contributed by atoms with van der Waals surface area (Å²) in [6, 6.07) is 10.6. The Morgan fingerprint density at radius 2 is 1.81 bits per heavy atom. The van der Waals surface area contributed by atoms with E-state index in [0.29, 0.717) is 6.61 Å². The first-order valence-corrected chi connectivity index (χ1v) is 10.2. The molecule has 5 nitrogen and oxygen atoms in total. The van der Waals surface area contributed by atoms with Crippen LogP contribution in [0.4, 0.5) is 4.79 Å². The van der Waals surface area contributed by atoms with E-state index in [0.717, 1.165) is 32.1 Å². The van der Waals surface area contributed by atoms with Crippen molar-refractivity contribution in [2.75, 3.05) is 20.7 Å². The maximum Gasteiger partial charge on any atom is 0.317 e. The summed E-state index contributed by atoms with van der Waals surface area (Å²) in [6.45, 7) is 9.57. The number of nitrogens with one attached hydrogen (secondary N) is 1. The molecule has 0 radical (unpaired) electrons. The molecule has 1 fully saturated rings. The van der Waals surface area contributed by atoms with Crippen molar-refractivity contribution < 1.29 is 9.63 Å². The summed E-state index contributed by atoms with van der Waals surface area (Å²) in [4.78, 5) is 20.2. The van der Waals surface area contributed by atoms with E-state index in [1.165, 1.54) is 5.56 Å². The van der Waals surface area contributed by atoms with Gasteiger partial charge in [0.2, 0.25) is 0 Å². The molecule has 1 saturated heterocycles. The monoisotopic (exact) mass is 375 g/mol. The number of benzene rings is 1. The standard InChI is InChI=1S/C22H37N3O2/c1-7-22(8-2)17-19(23-20(26)24(5)6)16-21(3,4)25(22)27-15-14-18-12-10-9-11-13-18/h9-13,19H,7-8,14-17H2,1-6H3,(H,23,26). The van der Waals surface area contributed by atoms with Crippen molar-refractivity contribution in [2.45, 2.75) is 76.9 Å². The fourth-order valence-electron chi connectivity index (χ4n) is 4.38. The molecular formula is C22H37N3O2. The summed E-state index contributed by atoms with van der Waals surface area (Å²) in [5.41, 5.74) is 1.08. The summed E-state index contributed by atoms with van der Waals surface area (Å²) in [5, 5.41) is 5.46. The van der Waals surface area contributed by atoms with E-state index in [2.05, 4.69) is 62.3 Å². The molecule has 2 amide bonds. The molecule has 0 aromatic heterocycles. The lowest BCUT2D eigenvalue weighted by molar-refractivity contribution is -0.293. The van der Waals surface area contributed by atoms with Crippen molar-refractivity contribution in [3.05, 3.63) is 35.9 Å². The third kappa shape index (κ3) is 5.23. The zero-order valence-electron chi connectivity index (χ0n) is 17.9. The fraction of sp³-hybridized carbons (Fsp3) is 0.682. The molecule has 1 heterocycles. The first-order valence-electron chi connectivity index (χ1n) is 10.2. The maximum absolute atomic E-state index is 12.2. The zero-order chi connectivity index (χ0) is 20.1. The van der Waals surface area contributed by atoms with E-state index in [1.54, 1.807) is 19.0 Å². The van der Waals surface area contributed by atoms with Crippen molar-refractivity contribution >= 4 is 6.03 Å². The third-order valence-corrected chi connectivity index (χ3v) is 5.86. The van der Waals surface area contributed by atoms with Crippen LogP contribution in [0.2, 0.25) is 0 Å². The van der Waals surface area contributed by atoms with Gasteiger partial charge in [-0.1, -0.05) is 44.2 Å². The van der Waals surface area contributed by atoms with E-state index in [1.807, 2.05) is 6.07 Å². The average molecular weight is 376 g/mol. The normalized spacial score (nSPS) is 21.6. The molecule has 1 aliphatic rings. The summed E-state index contributed by atoms with van der Waals surface area (Å²) in [6.07, 6.45) is 4.67. The van der Waals surface area contributed by atoms with E-state index in [-0.39, 0.29) is 23.2 Å². The first kappa shape index (κ1) is 21.7. The van der Waals surface area contributed by atoms with Gasteiger partial charge in [0, 0.05) is 31.2 Å². The van der Waals surface area contributed by atoms with Crippen LogP contribution in [0, 0.1) is 0 Å². The van der Waals surface area contributed by atoms with Gasteiger partial charge in [-0.3, -0.25) is 4.84 Å². The number of urea groups is 1. The topological polar surface area (TPSA) is 44.8 Å². The summed E-state index contributed by atoms with van der Waals surface area (Å²) in [5.74, 6) is 0. The van der Waals surface area contributed by atoms with E-state index < -0.39 is 0 Å².